The Balaban J connectivity index is 1.76. The van der Waals surface area contributed by atoms with Crippen molar-refractivity contribution in [1.82, 2.24) is 14.8 Å². The van der Waals surface area contributed by atoms with Crippen molar-refractivity contribution in [3.05, 3.63) is 53.5 Å². The number of carbonyl (C=O) groups is 1. The Morgan fingerprint density at radius 2 is 2.10 bits per heavy atom. The van der Waals surface area contributed by atoms with Crippen LogP contribution >= 0.6 is 0 Å². The number of aromatic nitrogens is 3. The molecule has 0 amide bonds. The van der Waals surface area contributed by atoms with Crippen LogP contribution in [-0.2, 0) is 6.42 Å². The first-order valence-corrected chi connectivity index (χ1v) is 6.76. The summed E-state index contributed by atoms with van der Waals surface area (Å²) in [6, 6.07) is 10.1. The van der Waals surface area contributed by atoms with Gasteiger partial charge >= 0.3 is 0 Å². The average Bonchev–Trinajstić information content (AvgIpc) is 2.99. The summed E-state index contributed by atoms with van der Waals surface area (Å²) in [7, 11) is 0. The first kappa shape index (κ1) is 12.7. The van der Waals surface area contributed by atoms with Crippen molar-refractivity contribution in [1.29, 1.82) is 0 Å². The Morgan fingerprint density at radius 3 is 2.85 bits per heavy atom. The van der Waals surface area contributed by atoms with Crippen molar-refractivity contribution >= 4 is 16.8 Å². The molecule has 3 rings (SSSR count). The summed E-state index contributed by atoms with van der Waals surface area (Å²) in [5, 5.41) is 5.42. The highest BCUT2D eigenvalue weighted by atomic mass is 16.2. The summed E-state index contributed by atoms with van der Waals surface area (Å²) in [5.41, 5.74) is 4.06. The monoisotopic (exact) mass is 267 g/mol. The van der Waals surface area contributed by atoms with E-state index in [0.717, 1.165) is 23.3 Å². The maximum absolute atomic E-state index is 12.2. The third-order valence-electron chi connectivity index (χ3n) is 3.53. The molecule has 2 aromatic heterocycles. The van der Waals surface area contributed by atoms with E-state index in [0.29, 0.717) is 6.42 Å². The summed E-state index contributed by atoms with van der Waals surface area (Å²) in [4.78, 5) is 15.4. The molecular weight excluding hydrogens is 250 g/mol. The third-order valence-corrected chi connectivity index (χ3v) is 3.53. The SMILES string of the molecule is Cc1cc(C)n(C(=O)CCc2c[nH]c3ccccc23)n1. The zero-order valence-electron chi connectivity index (χ0n) is 11.7. The van der Waals surface area contributed by atoms with Crippen LogP contribution < -0.4 is 0 Å². The van der Waals surface area contributed by atoms with Gasteiger partial charge in [0.1, 0.15) is 0 Å². The van der Waals surface area contributed by atoms with E-state index in [9.17, 15) is 4.79 Å². The second-order valence-electron chi connectivity index (χ2n) is 5.09. The quantitative estimate of drug-likeness (QED) is 0.792. The molecule has 4 heteroatoms. The topological polar surface area (TPSA) is 50.7 Å². The lowest BCUT2D eigenvalue weighted by Crippen LogP contribution is -2.14. The Morgan fingerprint density at radius 1 is 1.30 bits per heavy atom. The number of H-pyrrole nitrogens is 1. The molecule has 0 saturated heterocycles. The molecule has 0 aliphatic heterocycles. The molecule has 102 valence electrons. The molecular formula is C16H17N3O. The van der Waals surface area contributed by atoms with Crippen molar-refractivity contribution in [2.75, 3.05) is 0 Å². The van der Waals surface area contributed by atoms with Crippen molar-refractivity contribution in [3.8, 4) is 0 Å². The molecule has 2 heterocycles. The summed E-state index contributed by atoms with van der Waals surface area (Å²) in [5.74, 6) is 0.0425. The molecule has 0 bridgehead atoms. The highest BCUT2D eigenvalue weighted by molar-refractivity contribution is 5.84. The number of nitrogens with one attached hydrogen (secondary N) is 1. The molecule has 1 aromatic carbocycles. The molecule has 0 atom stereocenters. The van der Waals surface area contributed by atoms with Gasteiger partial charge < -0.3 is 4.98 Å². The van der Waals surface area contributed by atoms with Crippen molar-refractivity contribution < 1.29 is 4.79 Å². The molecule has 0 radical (unpaired) electrons. The zero-order valence-corrected chi connectivity index (χ0v) is 11.7. The van der Waals surface area contributed by atoms with Crippen LogP contribution in [-0.4, -0.2) is 20.7 Å². The van der Waals surface area contributed by atoms with Crippen molar-refractivity contribution in [3.63, 3.8) is 0 Å². The number of nitrogens with zero attached hydrogens (tertiary/aromatic N) is 2. The number of aryl methyl sites for hydroxylation is 3. The summed E-state index contributed by atoms with van der Waals surface area (Å²) in [6.07, 6.45) is 3.17. The fraction of sp³-hybridized carbons (Fsp3) is 0.250. The molecule has 3 aromatic rings. The largest absolute Gasteiger partial charge is 0.361 e. The number of para-hydroxylation sites is 1. The zero-order chi connectivity index (χ0) is 14.1. The van der Waals surface area contributed by atoms with E-state index in [1.54, 1.807) is 0 Å². The van der Waals surface area contributed by atoms with Crippen LogP contribution in [0.4, 0.5) is 0 Å². The van der Waals surface area contributed by atoms with Gasteiger partial charge in [0.2, 0.25) is 5.91 Å². The van der Waals surface area contributed by atoms with Gasteiger partial charge in [0.05, 0.1) is 5.69 Å². The molecule has 20 heavy (non-hydrogen) atoms. The van der Waals surface area contributed by atoms with Crippen LogP contribution in [0.25, 0.3) is 10.9 Å². The Labute approximate surface area is 117 Å². The van der Waals surface area contributed by atoms with E-state index in [2.05, 4.69) is 16.1 Å². The van der Waals surface area contributed by atoms with E-state index in [4.69, 9.17) is 0 Å². The van der Waals surface area contributed by atoms with Crippen LogP contribution in [0.3, 0.4) is 0 Å². The van der Waals surface area contributed by atoms with Crippen LogP contribution in [0.15, 0.2) is 36.5 Å². The Bertz CT molecular complexity index is 767. The fourth-order valence-electron chi connectivity index (χ4n) is 2.57. The highest BCUT2D eigenvalue weighted by Crippen LogP contribution is 2.19. The molecule has 0 spiro atoms. The second kappa shape index (κ2) is 4.96. The predicted molar refractivity (Wildman–Crippen MR) is 78.9 cm³/mol. The van der Waals surface area contributed by atoms with Gasteiger partial charge in [0.15, 0.2) is 0 Å². The van der Waals surface area contributed by atoms with Crippen LogP contribution in [0, 0.1) is 13.8 Å². The van der Waals surface area contributed by atoms with Crippen LogP contribution in [0.2, 0.25) is 0 Å². The number of hydrogen-bond acceptors (Lipinski definition) is 2. The lowest BCUT2D eigenvalue weighted by Gasteiger charge is -2.02. The minimum Gasteiger partial charge on any atom is -0.361 e. The Kier molecular flexibility index (Phi) is 3.14. The van der Waals surface area contributed by atoms with E-state index >= 15 is 0 Å². The van der Waals surface area contributed by atoms with E-state index in [1.165, 1.54) is 15.6 Å². The van der Waals surface area contributed by atoms with Gasteiger partial charge in [-0.2, -0.15) is 5.10 Å². The summed E-state index contributed by atoms with van der Waals surface area (Å²) < 4.78 is 1.50. The van der Waals surface area contributed by atoms with E-state index in [1.807, 2.05) is 44.3 Å². The van der Waals surface area contributed by atoms with Gasteiger partial charge in [-0.1, -0.05) is 18.2 Å². The Hall–Kier alpha value is -2.36. The minimum absolute atomic E-state index is 0.0425. The van der Waals surface area contributed by atoms with Crippen LogP contribution in [0.1, 0.15) is 28.2 Å². The lowest BCUT2D eigenvalue weighted by molar-refractivity contribution is 0.0884. The molecule has 0 unspecified atom stereocenters. The van der Waals surface area contributed by atoms with E-state index in [-0.39, 0.29) is 5.91 Å². The average molecular weight is 267 g/mol. The normalized spacial score (nSPS) is 11.1. The van der Waals surface area contributed by atoms with E-state index < -0.39 is 0 Å². The predicted octanol–water partition coefficient (Wildman–Crippen LogP) is 3.25. The van der Waals surface area contributed by atoms with Crippen LogP contribution in [0.5, 0.6) is 0 Å². The smallest absolute Gasteiger partial charge is 0.247 e. The van der Waals surface area contributed by atoms with Crippen molar-refractivity contribution in [2.45, 2.75) is 26.7 Å². The maximum atomic E-state index is 12.2. The molecule has 1 N–H and O–H groups in total. The number of rotatable bonds is 3. The molecule has 4 nitrogen and oxygen atoms in total. The first-order valence-electron chi connectivity index (χ1n) is 6.76. The molecule has 0 aliphatic rings. The standard InChI is InChI=1S/C16H17N3O/c1-11-9-12(2)19(18-11)16(20)8-7-13-10-17-15-6-4-3-5-14(13)15/h3-6,9-10,17H,7-8H2,1-2H3. The lowest BCUT2D eigenvalue weighted by atomic mass is 10.1. The summed E-state index contributed by atoms with van der Waals surface area (Å²) >= 11 is 0. The van der Waals surface area contributed by atoms with Crippen molar-refractivity contribution in [2.24, 2.45) is 0 Å². The second-order valence-corrected chi connectivity index (χ2v) is 5.09. The number of aromatic amines is 1. The van der Waals surface area contributed by atoms with Gasteiger partial charge in [-0.3, -0.25) is 4.79 Å². The van der Waals surface area contributed by atoms with Gasteiger partial charge in [-0.05, 0) is 38.0 Å². The van der Waals surface area contributed by atoms with Gasteiger partial charge in [0.25, 0.3) is 0 Å². The van der Waals surface area contributed by atoms with Gasteiger partial charge in [-0.15, -0.1) is 0 Å². The first-order chi connectivity index (χ1) is 9.65. The maximum Gasteiger partial charge on any atom is 0.247 e. The fourth-order valence-corrected chi connectivity index (χ4v) is 2.57. The molecule has 0 fully saturated rings. The molecule has 0 saturated carbocycles. The molecule has 0 aliphatic carbocycles. The number of carbonyl (C=O) groups excluding carboxylic acids is 1. The van der Waals surface area contributed by atoms with Gasteiger partial charge in [0, 0.05) is 29.2 Å². The number of hydrogen-bond donors (Lipinski definition) is 1. The number of benzene rings is 1. The van der Waals surface area contributed by atoms with Gasteiger partial charge in [-0.25, -0.2) is 4.68 Å². The summed E-state index contributed by atoms with van der Waals surface area (Å²) in [6.45, 7) is 3.81. The highest BCUT2D eigenvalue weighted by Gasteiger charge is 2.11. The third kappa shape index (κ3) is 2.25. The minimum atomic E-state index is 0.0425. The number of fused-ring (bicyclic) bond motifs is 1.